The van der Waals surface area contributed by atoms with Gasteiger partial charge in [-0.25, -0.2) is 4.79 Å². The van der Waals surface area contributed by atoms with Gasteiger partial charge in [-0.3, -0.25) is 10.1 Å². The van der Waals surface area contributed by atoms with E-state index in [1.165, 1.54) is 6.07 Å². The van der Waals surface area contributed by atoms with Crippen LogP contribution in [0, 0.1) is 0 Å². The van der Waals surface area contributed by atoms with Crippen molar-refractivity contribution in [3.05, 3.63) is 52.5 Å². The standard InChI is InChI=1S/C15H11BrN2O4/c16-10-2-1-3-11(7-10)17-15(20)18-14(19)9-4-5-12-13(6-9)22-8-21-12/h1-7H,8H2,(H2,17,18,19,20). The van der Waals surface area contributed by atoms with Crippen LogP contribution in [0.4, 0.5) is 10.5 Å². The third kappa shape index (κ3) is 3.20. The monoisotopic (exact) mass is 362 g/mol. The number of carbonyl (C=O) groups excluding carboxylic acids is 2. The summed E-state index contributed by atoms with van der Waals surface area (Å²) in [7, 11) is 0. The minimum atomic E-state index is -0.610. The maximum absolute atomic E-state index is 12.0. The highest BCUT2D eigenvalue weighted by molar-refractivity contribution is 9.10. The lowest BCUT2D eigenvalue weighted by molar-refractivity contribution is 0.0966. The van der Waals surface area contributed by atoms with Gasteiger partial charge in [0.1, 0.15) is 0 Å². The van der Waals surface area contributed by atoms with Crippen molar-refractivity contribution < 1.29 is 19.1 Å². The second-order valence-corrected chi connectivity index (χ2v) is 5.40. The Morgan fingerprint density at radius 2 is 1.86 bits per heavy atom. The average Bonchev–Trinajstić information content (AvgIpc) is 2.94. The molecule has 1 aliphatic rings. The highest BCUT2D eigenvalue weighted by Gasteiger charge is 2.17. The smallest absolute Gasteiger partial charge is 0.326 e. The van der Waals surface area contributed by atoms with Crippen LogP contribution >= 0.6 is 15.9 Å². The molecule has 0 bridgehead atoms. The Morgan fingerprint density at radius 1 is 1.05 bits per heavy atom. The Morgan fingerprint density at radius 3 is 2.68 bits per heavy atom. The van der Waals surface area contributed by atoms with Crippen LogP contribution in [0.25, 0.3) is 0 Å². The summed E-state index contributed by atoms with van der Waals surface area (Å²) in [6.07, 6.45) is 0. The molecular formula is C15H11BrN2O4. The van der Waals surface area contributed by atoms with E-state index in [-0.39, 0.29) is 6.79 Å². The highest BCUT2D eigenvalue weighted by atomic mass is 79.9. The molecule has 0 spiro atoms. The number of anilines is 1. The number of urea groups is 1. The van der Waals surface area contributed by atoms with Gasteiger partial charge in [0.05, 0.1) is 0 Å². The number of rotatable bonds is 2. The molecular weight excluding hydrogens is 352 g/mol. The molecule has 0 saturated heterocycles. The lowest BCUT2D eigenvalue weighted by Gasteiger charge is -2.07. The lowest BCUT2D eigenvalue weighted by Crippen LogP contribution is -2.34. The number of nitrogens with one attached hydrogen (secondary N) is 2. The Hall–Kier alpha value is -2.54. The lowest BCUT2D eigenvalue weighted by atomic mass is 10.2. The van der Waals surface area contributed by atoms with Crippen LogP contribution in [0.1, 0.15) is 10.4 Å². The van der Waals surface area contributed by atoms with Crippen LogP contribution in [0.3, 0.4) is 0 Å². The molecule has 1 heterocycles. The number of halogens is 1. The summed E-state index contributed by atoms with van der Waals surface area (Å²) in [6, 6.07) is 11.2. The van der Waals surface area contributed by atoms with Crippen LogP contribution in [0.15, 0.2) is 46.9 Å². The van der Waals surface area contributed by atoms with Crippen molar-refractivity contribution in [2.75, 3.05) is 12.1 Å². The topological polar surface area (TPSA) is 76.7 Å². The molecule has 0 aromatic heterocycles. The van der Waals surface area contributed by atoms with Gasteiger partial charge in [-0.05, 0) is 36.4 Å². The van der Waals surface area contributed by atoms with Crippen molar-refractivity contribution in [3.63, 3.8) is 0 Å². The molecule has 3 rings (SSSR count). The van der Waals surface area contributed by atoms with Gasteiger partial charge in [-0.2, -0.15) is 0 Å². The summed E-state index contributed by atoms with van der Waals surface area (Å²) in [6.45, 7) is 0.129. The molecule has 0 aliphatic carbocycles. The summed E-state index contributed by atoms with van der Waals surface area (Å²) in [5, 5.41) is 4.83. The maximum Gasteiger partial charge on any atom is 0.326 e. The first-order chi connectivity index (χ1) is 10.6. The first-order valence-corrected chi connectivity index (χ1v) is 7.19. The van der Waals surface area contributed by atoms with Crippen molar-refractivity contribution in [1.82, 2.24) is 5.32 Å². The molecule has 6 nitrogen and oxygen atoms in total. The quantitative estimate of drug-likeness (QED) is 0.860. The fourth-order valence-corrected chi connectivity index (χ4v) is 2.34. The number of ether oxygens (including phenoxy) is 2. The summed E-state index contributed by atoms with van der Waals surface area (Å²) >= 11 is 3.30. The molecule has 0 fully saturated rings. The van der Waals surface area contributed by atoms with E-state index in [0.717, 1.165) is 4.47 Å². The molecule has 112 valence electrons. The molecule has 7 heteroatoms. The minimum Gasteiger partial charge on any atom is -0.454 e. The zero-order valence-corrected chi connectivity index (χ0v) is 12.8. The van der Waals surface area contributed by atoms with Gasteiger partial charge in [-0.1, -0.05) is 22.0 Å². The molecule has 22 heavy (non-hydrogen) atoms. The molecule has 0 atom stereocenters. The molecule has 0 radical (unpaired) electrons. The van der Waals surface area contributed by atoms with Gasteiger partial charge in [0, 0.05) is 15.7 Å². The van der Waals surface area contributed by atoms with Crippen LogP contribution in [0.2, 0.25) is 0 Å². The van der Waals surface area contributed by atoms with E-state index in [4.69, 9.17) is 9.47 Å². The predicted octanol–water partition coefficient (Wildman–Crippen LogP) is 3.14. The summed E-state index contributed by atoms with van der Waals surface area (Å²) in [5.74, 6) is 0.543. The molecule has 2 aromatic rings. The fraction of sp³-hybridized carbons (Fsp3) is 0.0667. The first-order valence-electron chi connectivity index (χ1n) is 6.39. The second kappa shape index (κ2) is 6.07. The Bertz CT molecular complexity index is 748. The summed E-state index contributed by atoms with van der Waals surface area (Å²) in [4.78, 5) is 23.9. The average molecular weight is 363 g/mol. The van der Waals surface area contributed by atoms with Gasteiger partial charge < -0.3 is 14.8 Å². The number of benzene rings is 2. The van der Waals surface area contributed by atoms with Gasteiger partial charge in [-0.15, -0.1) is 0 Å². The largest absolute Gasteiger partial charge is 0.454 e. The fourth-order valence-electron chi connectivity index (χ4n) is 1.94. The van der Waals surface area contributed by atoms with Crippen molar-refractivity contribution >= 4 is 33.6 Å². The number of carbonyl (C=O) groups is 2. The minimum absolute atomic E-state index is 0.129. The van der Waals surface area contributed by atoms with Crippen molar-refractivity contribution in [2.45, 2.75) is 0 Å². The molecule has 0 saturated carbocycles. The number of hydrogen-bond donors (Lipinski definition) is 2. The van der Waals surface area contributed by atoms with E-state index in [0.29, 0.717) is 22.7 Å². The third-order valence-electron chi connectivity index (χ3n) is 2.94. The first kappa shape index (κ1) is 14.4. The Kier molecular flexibility index (Phi) is 3.97. The van der Waals surface area contributed by atoms with E-state index in [2.05, 4.69) is 26.6 Å². The van der Waals surface area contributed by atoms with E-state index >= 15 is 0 Å². The van der Waals surface area contributed by atoms with Crippen molar-refractivity contribution in [2.24, 2.45) is 0 Å². The van der Waals surface area contributed by atoms with Crippen LogP contribution in [0.5, 0.6) is 11.5 Å². The molecule has 3 amide bonds. The van der Waals surface area contributed by atoms with E-state index in [1.807, 2.05) is 6.07 Å². The Labute approximate surface area is 134 Å². The third-order valence-corrected chi connectivity index (χ3v) is 3.44. The molecule has 0 unspecified atom stereocenters. The predicted molar refractivity (Wildman–Crippen MR) is 83.2 cm³/mol. The van der Waals surface area contributed by atoms with E-state index in [1.54, 1.807) is 30.3 Å². The van der Waals surface area contributed by atoms with Gasteiger partial charge in [0.2, 0.25) is 6.79 Å². The Balaban J connectivity index is 1.65. The number of amides is 3. The van der Waals surface area contributed by atoms with Crippen LogP contribution < -0.4 is 20.1 Å². The number of imide groups is 1. The summed E-state index contributed by atoms with van der Waals surface area (Å²) in [5.41, 5.74) is 0.888. The van der Waals surface area contributed by atoms with Gasteiger partial charge in [0.15, 0.2) is 11.5 Å². The second-order valence-electron chi connectivity index (χ2n) is 4.49. The SMILES string of the molecule is O=C(NC(=O)c1ccc2c(c1)OCO2)Nc1cccc(Br)c1. The van der Waals surface area contributed by atoms with Crippen molar-refractivity contribution in [1.29, 1.82) is 0 Å². The number of hydrogen-bond acceptors (Lipinski definition) is 4. The zero-order valence-electron chi connectivity index (χ0n) is 11.3. The highest BCUT2D eigenvalue weighted by Crippen LogP contribution is 2.32. The zero-order chi connectivity index (χ0) is 15.5. The molecule has 1 aliphatic heterocycles. The molecule has 2 N–H and O–H groups in total. The van der Waals surface area contributed by atoms with Gasteiger partial charge >= 0.3 is 6.03 Å². The normalized spacial score (nSPS) is 11.9. The maximum atomic E-state index is 12.0. The van der Waals surface area contributed by atoms with Gasteiger partial charge in [0.25, 0.3) is 5.91 Å². The van der Waals surface area contributed by atoms with Crippen LogP contribution in [-0.4, -0.2) is 18.7 Å². The van der Waals surface area contributed by atoms with E-state index < -0.39 is 11.9 Å². The van der Waals surface area contributed by atoms with Crippen LogP contribution in [-0.2, 0) is 0 Å². The number of fused-ring (bicyclic) bond motifs is 1. The molecule has 2 aromatic carbocycles. The summed E-state index contributed by atoms with van der Waals surface area (Å²) < 4.78 is 11.2. The van der Waals surface area contributed by atoms with E-state index in [9.17, 15) is 9.59 Å². The van der Waals surface area contributed by atoms with Crippen molar-refractivity contribution in [3.8, 4) is 11.5 Å².